The van der Waals surface area contributed by atoms with Crippen LogP contribution in [0.5, 0.6) is 0 Å². The molecule has 2 atom stereocenters. The molecule has 0 saturated carbocycles. The van der Waals surface area contributed by atoms with Gasteiger partial charge < -0.3 is 69.0 Å². The summed E-state index contributed by atoms with van der Waals surface area (Å²) in [6, 6.07) is 0. The zero-order valence-electron chi connectivity index (χ0n) is 11.9. The molecule has 149 valence electrons. The predicted molar refractivity (Wildman–Crippen MR) is 113 cm³/mol. The number of rotatable bonds is 0. The first kappa shape index (κ1) is 27.4. The van der Waals surface area contributed by atoms with E-state index in [1.165, 1.54) is 0 Å². The molecule has 2 saturated heterocycles. The first-order valence-electron chi connectivity index (χ1n) is 6.17. The second-order valence-corrected chi connectivity index (χ2v) is 11.2. The van der Waals surface area contributed by atoms with E-state index in [2.05, 4.69) is 0 Å². The Kier molecular flexibility index (Phi) is 12.7. The number of hydrogen-bond donors (Lipinski definition) is 0. The Morgan fingerprint density at radius 1 is 0.800 bits per heavy atom. The van der Waals surface area contributed by atoms with Crippen LogP contribution in [0.4, 0.5) is 0 Å². The number of thiocarbonyl (C=S) groups is 2. The summed E-state index contributed by atoms with van der Waals surface area (Å²) in [6.45, 7) is 2.13. The first-order valence-corrected chi connectivity index (χ1v) is 10.1. The van der Waals surface area contributed by atoms with Crippen LogP contribution in [0.15, 0.2) is 0 Å². The van der Waals surface area contributed by atoms with Gasteiger partial charge in [-0.1, -0.05) is 78.2 Å². The molecule has 2 rings (SSSR count). The van der Waals surface area contributed by atoms with Crippen LogP contribution in [0.3, 0.4) is 0 Å². The van der Waals surface area contributed by atoms with Crippen LogP contribution in [0, 0.1) is 0 Å². The summed E-state index contributed by atoms with van der Waals surface area (Å²) in [5, 5.41) is 0. The Bertz CT molecular complexity index is 439. The third kappa shape index (κ3) is 8.74. The molecule has 25 heavy (non-hydrogen) atoms. The third-order valence-corrected chi connectivity index (χ3v) is 4.87. The van der Waals surface area contributed by atoms with Gasteiger partial charge in [0.1, 0.15) is 0 Å². The van der Waals surface area contributed by atoms with Crippen molar-refractivity contribution in [3.8, 4) is 0 Å². The smallest absolute Gasteiger partial charge is 0.411 e. The minimum Gasteiger partial charge on any atom is -0.411 e. The molecule has 0 amide bonds. The molecule has 15 heteroatoms. The third-order valence-electron chi connectivity index (χ3n) is 2.81. The molecule has 0 N–H and O–H groups in total. The Morgan fingerprint density at radius 2 is 1.08 bits per heavy atom. The fraction of sp³-hybridized carbons (Fsp3) is 0.800. The monoisotopic (exact) mass is 591 g/mol. The Labute approximate surface area is 208 Å². The fourth-order valence-electron chi connectivity index (χ4n) is 1.86. The number of halogens is 6. The normalized spacial score (nSPS) is 23.6. The quantitative estimate of drug-likeness (QED) is 0.181. The van der Waals surface area contributed by atoms with Gasteiger partial charge in [-0.05, 0) is 0 Å². The van der Waals surface area contributed by atoms with Crippen LogP contribution in [0.25, 0.3) is 0 Å². The second-order valence-electron chi connectivity index (χ2n) is 4.45. The minimum absolute atomic E-state index is 0. The van der Waals surface area contributed by atoms with Gasteiger partial charge in [0.15, 0.2) is 12.5 Å². The maximum absolute atomic E-state index is 5.64. The van der Waals surface area contributed by atoms with Crippen LogP contribution in [-0.2, 0) is 51.8 Å². The molecule has 0 spiro atoms. The Morgan fingerprint density at radius 3 is 1.24 bits per heavy atom. The topological polar surface area (TPSA) is 24.9 Å². The van der Waals surface area contributed by atoms with Gasteiger partial charge in [0, 0.05) is 13.1 Å². The summed E-state index contributed by atoms with van der Waals surface area (Å²) in [4.78, 5) is 3.16. The fourth-order valence-corrected chi connectivity index (χ4v) is 3.69. The van der Waals surface area contributed by atoms with E-state index in [0.717, 1.165) is 0 Å². The van der Waals surface area contributed by atoms with Crippen LogP contribution >= 0.6 is 94.0 Å². The summed E-state index contributed by atoms with van der Waals surface area (Å²) in [5.74, 6) is 0. The number of alkyl halides is 6. The maximum atomic E-state index is 5.64. The van der Waals surface area contributed by atoms with E-state index in [1.54, 1.807) is 9.80 Å². The molecule has 2 heterocycles. The molecule has 0 bridgehead atoms. The average Bonchev–Trinajstić information content (AvgIpc) is 3.07. The average molecular weight is 595 g/mol. The van der Waals surface area contributed by atoms with E-state index < -0.39 is 20.0 Å². The Balaban J connectivity index is 0.000000443. The van der Waals surface area contributed by atoms with Crippen molar-refractivity contribution in [2.45, 2.75) is 20.0 Å². The van der Waals surface area contributed by atoms with E-state index in [-0.39, 0.29) is 25.7 Å². The van der Waals surface area contributed by atoms with E-state index in [1.807, 2.05) is 0 Å². The molecular formula is C10H10Cl6CuN2O2S4. The van der Waals surface area contributed by atoms with Crippen LogP contribution < -0.4 is 0 Å². The molecule has 2 aliphatic heterocycles. The number of hydrogen-bond acceptors (Lipinski definition) is 6. The van der Waals surface area contributed by atoms with Gasteiger partial charge in [-0.2, -0.15) is 0 Å². The van der Waals surface area contributed by atoms with E-state index in [0.29, 0.717) is 26.3 Å². The van der Waals surface area contributed by atoms with Crippen LogP contribution in [0.1, 0.15) is 0 Å². The minimum atomic E-state index is -1.50. The summed E-state index contributed by atoms with van der Waals surface area (Å²) in [7, 11) is 0. The Hall–Kier alpha value is 2.40. The summed E-state index contributed by atoms with van der Waals surface area (Å²) in [6.07, 6.45) is -1.29. The van der Waals surface area contributed by atoms with Crippen molar-refractivity contribution >= 4 is 128 Å². The van der Waals surface area contributed by atoms with Gasteiger partial charge in [0.05, 0.1) is 13.2 Å². The van der Waals surface area contributed by atoms with Crippen molar-refractivity contribution in [2.24, 2.45) is 0 Å². The van der Waals surface area contributed by atoms with E-state index >= 15 is 0 Å². The second kappa shape index (κ2) is 11.6. The van der Waals surface area contributed by atoms with Crippen molar-refractivity contribution in [3.63, 3.8) is 0 Å². The SMILES string of the molecule is S=C([S-])N1CCOC1C(Cl)(Cl)Cl.S=C([S-])N1CCOC1C(Cl)(Cl)Cl.[Cu+2]. The molecule has 0 aromatic heterocycles. The molecule has 0 aliphatic carbocycles. The standard InChI is InChI=1S/2C5H6Cl3NOS2.Cu/c2*6-5(7,8)3-9(4(11)12)1-2-10-3;/h2*3H,1-2H2,(H,11,12);/q;;+2/p-2. The number of nitrogens with zero attached hydrogens (tertiary/aromatic N) is 2. The van der Waals surface area contributed by atoms with Gasteiger partial charge >= 0.3 is 17.1 Å². The maximum Gasteiger partial charge on any atom is 2.00 e. The van der Waals surface area contributed by atoms with Gasteiger partial charge in [0.25, 0.3) is 0 Å². The summed E-state index contributed by atoms with van der Waals surface area (Å²) < 4.78 is 7.87. The van der Waals surface area contributed by atoms with Gasteiger partial charge in [-0.15, -0.1) is 0 Å². The summed E-state index contributed by atoms with van der Waals surface area (Å²) >= 11 is 53.0. The van der Waals surface area contributed by atoms with Crippen LogP contribution in [0.2, 0.25) is 0 Å². The van der Waals surface area contributed by atoms with E-state index in [9.17, 15) is 0 Å². The zero-order valence-corrected chi connectivity index (χ0v) is 20.6. The largest absolute Gasteiger partial charge is 2.00 e. The van der Waals surface area contributed by atoms with Crippen molar-refractivity contribution in [1.29, 1.82) is 0 Å². The molecule has 2 fully saturated rings. The zero-order chi connectivity index (χ0) is 18.7. The molecule has 0 aromatic rings. The molecule has 4 nitrogen and oxygen atoms in total. The van der Waals surface area contributed by atoms with Crippen molar-refractivity contribution < 1.29 is 26.5 Å². The van der Waals surface area contributed by atoms with Crippen molar-refractivity contribution in [3.05, 3.63) is 0 Å². The van der Waals surface area contributed by atoms with E-state index in [4.69, 9.17) is 129 Å². The molecule has 0 aromatic carbocycles. The van der Waals surface area contributed by atoms with Crippen molar-refractivity contribution in [2.75, 3.05) is 26.3 Å². The van der Waals surface area contributed by atoms with Gasteiger partial charge in [-0.3, -0.25) is 0 Å². The number of ether oxygens (including phenoxy) is 2. The first-order chi connectivity index (χ1) is 10.9. The van der Waals surface area contributed by atoms with Gasteiger partial charge in [-0.25, -0.2) is 0 Å². The van der Waals surface area contributed by atoms with Crippen LogP contribution in [-0.4, -0.2) is 64.8 Å². The molecular weight excluding hydrogens is 585 g/mol. The molecule has 2 unspecified atom stereocenters. The summed E-state index contributed by atoms with van der Waals surface area (Å²) in [5.41, 5.74) is 0. The van der Waals surface area contributed by atoms with Crippen molar-refractivity contribution in [1.82, 2.24) is 9.80 Å². The molecule has 1 radical (unpaired) electrons. The van der Waals surface area contributed by atoms with Gasteiger partial charge in [0.2, 0.25) is 7.59 Å². The predicted octanol–water partition coefficient (Wildman–Crippen LogP) is 3.69. The molecule has 2 aliphatic rings.